The minimum Gasteiger partial charge on any atom is -0.323 e. The Labute approximate surface area is 105 Å². The topological polar surface area (TPSA) is 72.7 Å². The lowest BCUT2D eigenvalue weighted by Crippen LogP contribution is -2.21. The third-order valence-corrected chi connectivity index (χ3v) is 2.02. The first-order valence-electron chi connectivity index (χ1n) is 5.11. The lowest BCUT2D eigenvalue weighted by molar-refractivity contribution is -0.150. The number of alkyl halides is 3. The van der Waals surface area contributed by atoms with E-state index in [1.807, 2.05) is 0 Å². The Kier molecular flexibility index (Phi) is 3.45. The van der Waals surface area contributed by atoms with E-state index in [0.717, 1.165) is 0 Å². The maximum atomic E-state index is 12.0. The summed E-state index contributed by atoms with van der Waals surface area (Å²) in [6.07, 6.45) is 0.960. The molecular formula is C10H8F3N5O. The monoisotopic (exact) mass is 271 g/mol. The number of carbonyl (C=O) groups excluding carboxylic acids is 1. The van der Waals surface area contributed by atoms with E-state index in [0.29, 0.717) is 5.95 Å². The number of carbonyl (C=O) groups is 1. The Morgan fingerprint density at radius 3 is 2.53 bits per heavy atom. The summed E-state index contributed by atoms with van der Waals surface area (Å²) in [6.45, 7) is 0. The Morgan fingerprint density at radius 2 is 2.00 bits per heavy atom. The number of imidazole rings is 1. The first-order chi connectivity index (χ1) is 8.94. The molecule has 19 heavy (non-hydrogen) atoms. The molecule has 1 N–H and O–H groups in total. The predicted octanol–water partition coefficient (Wildman–Crippen LogP) is 1.55. The Bertz CT molecular complexity index is 550. The molecule has 0 radical (unpaired) electrons. The van der Waals surface area contributed by atoms with Crippen LogP contribution >= 0.6 is 0 Å². The summed E-state index contributed by atoms with van der Waals surface area (Å²) < 4.78 is 37.4. The van der Waals surface area contributed by atoms with Gasteiger partial charge in [-0.15, -0.1) is 0 Å². The van der Waals surface area contributed by atoms with Gasteiger partial charge >= 0.3 is 6.18 Å². The normalized spacial score (nSPS) is 11.3. The van der Waals surface area contributed by atoms with Crippen LogP contribution in [-0.4, -0.2) is 31.6 Å². The van der Waals surface area contributed by atoms with E-state index in [2.05, 4.69) is 20.3 Å². The Morgan fingerprint density at radius 1 is 1.32 bits per heavy atom. The lowest BCUT2D eigenvalue weighted by Gasteiger charge is -2.07. The van der Waals surface area contributed by atoms with E-state index < -0.39 is 18.5 Å². The lowest BCUT2D eigenvalue weighted by atomic mass is 10.4. The van der Waals surface area contributed by atoms with Gasteiger partial charge in [0.1, 0.15) is 12.7 Å². The van der Waals surface area contributed by atoms with Crippen molar-refractivity contribution in [3.8, 4) is 5.95 Å². The number of rotatable bonds is 3. The molecule has 6 nitrogen and oxygen atoms in total. The van der Waals surface area contributed by atoms with E-state index in [-0.39, 0.29) is 5.69 Å². The van der Waals surface area contributed by atoms with Gasteiger partial charge in [0.25, 0.3) is 0 Å². The SMILES string of the molecule is O=C(CC(F)(F)F)Nc1cnc(-n2ccnc2)nc1. The molecule has 0 aliphatic rings. The van der Waals surface area contributed by atoms with Gasteiger partial charge in [0.05, 0.1) is 18.1 Å². The molecule has 0 spiro atoms. The van der Waals surface area contributed by atoms with Crippen molar-refractivity contribution < 1.29 is 18.0 Å². The number of anilines is 1. The number of amides is 1. The van der Waals surface area contributed by atoms with Gasteiger partial charge < -0.3 is 5.32 Å². The first-order valence-corrected chi connectivity index (χ1v) is 5.11. The molecule has 100 valence electrons. The van der Waals surface area contributed by atoms with Gasteiger partial charge in [-0.05, 0) is 0 Å². The van der Waals surface area contributed by atoms with Crippen LogP contribution in [0.1, 0.15) is 6.42 Å². The average molecular weight is 271 g/mol. The number of halogens is 3. The molecule has 0 aliphatic heterocycles. The zero-order valence-electron chi connectivity index (χ0n) is 9.42. The Hall–Kier alpha value is -2.45. The summed E-state index contributed by atoms with van der Waals surface area (Å²) in [5.41, 5.74) is 0.0955. The van der Waals surface area contributed by atoms with Gasteiger partial charge in [0.2, 0.25) is 11.9 Å². The fourth-order valence-corrected chi connectivity index (χ4v) is 1.28. The highest BCUT2D eigenvalue weighted by molar-refractivity contribution is 5.90. The van der Waals surface area contributed by atoms with Crippen LogP contribution in [0, 0.1) is 0 Å². The second kappa shape index (κ2) is 5.04. The van der Waals surface area contributed by atoms with Crippen LogP contribution in [0.25, 0.3) is 5.95 Å². The van der Waals surface area contributed by atoms with Crippen LogP contribution in [0.4, 0.5) is 18.9 Å². The van der Waals surface area contributed by atoms with Crippen molar-refractivity contribution in [1.29, 1.82) is 0 Å². The average Bonchev–Trinajstić information content (AvgIpc) is 2.80. The van der Waals surface area contributed by atoms with Crippen molar-refractivity contribution >= 4 is 11.6 Å². The smallest absolute Gasteiger partial charge is 0.323 e. The third kappa shape index (κ3) is 3.76. The summed E-state index contributed by atoms with van der Waals surface area (Å²) in [5.74, 6) is -0.863. The van der Waals surface area contributed by atoms with Crippen LogP contribution in [0.5, 0.6) is 0 Å². The van der Waals surface area contributed by atoms with Gasteiger partial charge in [-0.1, -0.05) is 0 Å². The highest BCUT2D eigenvalue weighted by Gasteiger charge is 2.31. The molecule has 2 aromatic rings. The van der Waals surface area contributed by atoms with Crippen LogP contribution in [0.15, 0.2) is 31.1 Å². The molecule has 2 rings (SSSR count). The van der Waals surface area contributed by atoms with E-state index in [4.69, 9.17) is 0 Å². The van der Waals surface area contributed by atoms with E-state index >= 15 is 0 Å². The molecule has 0 saturated heterocycles. The van der Waals surface area contributed by atoms with Crippen LogP contribution < -0.4 is 5.32 Å². The molecule has 0 aliphatic carbocycles. The van der Waals surface area contributed by atoms with Crippen molar-refractivity contribution in [2.24, 2.45) is 0 Å². The summed E-state index contributed by atoms with van der Waals surface area (Å²) in [7, 11) is 0. The third-order valence-electron chi connectivity index (χ3n) is 2.02. The summed E-state index contributed by atoms with van der Waals surface area (Å²) in [4.78, 5) is 22.6. The van der Waals surface area contributed by atoms with Crippen molar-refractivity contribution in [2.75, 3.05) is 5.32 Å². The minimum absolute atomic E-state index is 0.0955. The molecular weight excluding hydrogens is 263 g/mol. The highest BCUT2D eigenvalue weighted by Crippen LogP contribution is 2.20. The van der Waals surface area contributed by atoms with Crippen molar-refractivity contribution in [3.63, 3.8) is 0 Å². The second-order valence-electron chi connectivity index (χ2n) is 3.58. The first kappa shape index (κ1) is 13.0. The summed E-state index contributed by atoms with van der Waals surface area (Å²) in [5, 5.41) is 2.06. The quantitative estimate of drug-likeness (QED) is 0.919. The molecule has 0 saturated carbocycles. The fourth-order valence-electron chi connectivity index (χ4n) is 1.28. The van der Waals surface area contributed by atoms with Crippen LogP contribution in [-0.2, 0) is 4.79 Å². The summed E-state index contributed by atoms with van der Waals surface area (Å²) in [6, 6.07) is 0. The molecule has 0 unspecified atom stereocenters. The number of hydrogen-bond acceptors (Lipinski definition) is 4. The van der Waals surface area contributed by atoms with Gasteiger partial charge in [-0.3, -0.25) is 9.36 Å². The maximum absolute atomic E-state index is 12.0. The van der Waals surface area contributed by atoms with E-state index in [1.165, 1.54) is 29.5 Å². The molecule has 2 aromatic heterocycles. The van der Waals surface area contributed by atoms with Crippen molar-refractivity contribution in [3.05, 3.63) is 31.1 Å². The number of nitrogens with zero attached hydrogens (tertiary/aromatic N) is 4. The standard InChI is InChI=1S/C10H8F3N5O/c11-10(12,13)3-8(19)17-7-4-15-9(16-5-7)18-2-1-14-6-18/h1-2,4-6H,3H2,(H,17,19). The van der Waals surface area contributed by atoms with Gasteiger partial charge in [-0.2, -0.15) is 13.2 Å². The minimum atomic E-state index is -4.54. The largest absolute Gasteiger partial charge is 0.397 e. The highest BCUT2D eigenvalue weighted by atomic mass is 19.4. The summed E-state index contributed by atoms with van der Waals surface area (Å²) >= 11 is 0. The molecule has 1 amide bonds. The van der Waals surface area contributed by atoms with Gasteiger partial charge in [-0.25, -0.2) is 15.0 Å². The molecule has 0 fully saturated rings. The number of nitrogens with one attached hydrogen (secondary N) is 1. The maximum Gasteiger partial charge on any atom is 0.397 e. The second-order valence-corrected chi connectivity index (χ2v) is 3.58. The number of aromatic nitrogens is 4. The molecule has 2 heterocycles. The van der Waals surface area contributed by atoms with E-state index in [1.54, 1.807) is 6.20 Å². The van der Waals surface area contributed by atoms with Gasteiger partial charge in [0, 0.05) is 12.4 Å². The predicted molar refractivity (Wildman–Crippen MR) is 58.5 cm³/mol. The zero-order chi connectivity index (χ0) is 13.9. The zero-order valence-corrected chi connectivity index (χ0v) is 9.42. The Balaban J connectivity index is 2.01. The molecule has 0 aromatic carbocycles. The van der Waals surface area contributed by atoms with Crippen molar-refractivity contribution in [2.45, 2.75) is 12.6 Å². The van der Waals surface area contributed by atoms with Crippen molar-refractivity contribution in [1.82, 2.24) is 19.5 Å². The fraction of sp³-hybridized carbons (Fsp3) is 0.200. The van der Waals surface area contributed by atoms with Crippen LogP contribution in [0.3, 0.4) is 0 Å². The molecule has 9 heteroatoms. The molecule has 0 atom stereocenters. The van der Waals surface area contributed by atoms with Gasteiger partial charge in [0.15, 0.2) is 0 Å². The van der Waals surface area contributed by atoms with E-state index in [9.17, 15) is 18.0 Å². The molecule has 0 bridgehead atoms. The van der Waals surface area contributed by atoms with Crippen LogP contribution in [0.2, 0.25) is 0 Å². The number of hydrogen-bond donors (Lipinski definition) is 1.